The number of hydrogen-bond acceptors (Lipinski definition) is 13. The first-order valence-electron chi connectivity index (χ1n) is 19.0. The number of phenolic OH excluding ortho intramolecular Hbond substituents is 2. The third-order valence-electron chi connectivity index (χ3n) is 11.6. The number of aromatic hydroxyl groups is 2. The van der Waals surface area contributed by atoms with Gasteiger partial charge in [0.2, 0.25) is 0 Å². The van der Waals surface area contributed by atoms with E-state index in [1.165, 1.54) is 46.3 Å². The number of Topliss-reactive ketones (excluding diaryl/α,β-unsaturated/α-hetero) is 1. The van der Waals surface area contributed by atoms with E-state index in [4.69, 9.17) is 23.9 Å². The number of methoxy groups -OCH3 is 1. The number of esters is 1. The van der Waals surface area contributed by atoms with Crippen LogP contribution >= 0.6 is 0 Å². The number of allylic oxidation sites excluding steroid dienone is 2. The number of ether oxygens (including phenoxy) is 4. The van der Waals surface area contributed by atoms with E-state index in [9.17, 15) is 39.9 Å². The molecule has 0 fully saturated rings. The van der Waals surface area contributed by atoms with Crippen molar-refractivity contribution in [3.63, 3.8) is 0 Å². The highest BCUT2D eigenvalue weighted by atomic mass is 16.7. The number of nitrogens with one attached hydrogen (secondary N) is 1. The molecule has 2 aromatic carbocycles. The molecule has 310 valence electrons. The van der Waals surface area contributed by atoms with Gasteiger partial charge >= 0.3 is 11.8 Å². The molecule has 2 aliphatic heterocycles. The second-order valence-corrected chi connectivity index (χ2v) is 15.9. The molecule has 58 heavy (non-hydrogen) atoms. The minimum Gasteiger partial charge on any atom is -0.507 e. The molecule has 15 nitrogen and oxygen atoms in total. The number of benzene rings is 2. The molecule has 4 aromatic rings. The quantitative estimate of drug-likeness (QED) is 0.113. The number of aliphatic hydroxyl groups is 3. The Balaban J connectivity index is 1.59. The second-order valence-electron chi connectivity index (χ2n) is 15.9. The first-order chi connectivity index (χ1) is 27.2. The molecule has 1 unspecified atom stereocenters. The maximum atomic E-state index is 14.6. The number of carbonyl (C=O) groups excluding carboxylic acids is 3. The van der Waals surface area contributed by atoms with E-state index in [0.717, 1.165) is 12.5 Å². The summed E-state index contributed by atoms with van der Waals surface area (Å²) in [5.74, 6) is -7.37. The van der Waals surface area contributed by atoms with E-state index < -0.39 is 82.7 Å². The van der Waals surface area contributed by atoms with Crippen molar-refractivity contribution in [2.75, 3.05) is 12.4 Å². The van der Waals surface area contributed by atoms with Gasteiger partial charge in [0.1, 0.15) is 45.6 Å². The maximum Gasteiger partial charge on any atom is 0.312 e. The molecule has 6 rings (SSSR count). The van der Waals surface area contributed by atoms with Crippen molar-refractivity contribution in [1.82, 2.24) is 9.38 Å². The lowest BCUT2D eigenvalue weighted by molar-refractivity contribution is -0.204. The summed E-state index contributed by atoms with van der Waals surface area (Å²) in [6.07, 6.45) is 3.87. The summed E-state index contributed by atoms with van der Waals surface area (Å²) < 4.78 is 25.2. The standard InChI is InChI=1S/C43H51N3O12/c1-19-14-16-46-27(18-19)44-31-28-29-35(49)23(5)37-30(28)39(52)43(9,58-37)56-17-15-26(55-10)22(4)40(57-25(7)47)42(8,54)38(51)24(6)34(48)20(2)12-11-13-21(3)41(53)45-32(33(31)46)36(29)50/h11-18,20,22,24,26,34,38,40,48-51,54H,1-10H3,(H,45,53)/b12-11+,17-15+,21-13-/t20-,22+,24+,26-,34-,38+,40+,42?,43-/m0/s1. The van der Waals surface area contributed by atoms with Gasteiger partial charge in [-0.25, -0.2) is 4.98 Å². The summed E-state index contributed by atoms with van der Waals surface area (Å²) in [4.78, 5) is 45.6. The van der Waals surface area contributed by atoms with Crippen LogP contribution in [0.5, 0.6) is 17.2 Å². The molecule has 0 radical (unpaired) electrons. The fraction of sp³-hybridized carbons (Fsp3) is 0.442. The van der Waals surface area contributed by atoms with Crippen molar-refractivity contribution in [3.05, 3.63) is 71.2 Å². The summed E-state index contributed by atoms with van der Waals surface area (Å²) in [6, 6.07) is 3.61. The Hall–Kier alpha value is -5.48. The zero-order chi connectivity index (χ0) is 42.8. The molecule has 2 aromatic heterocycles. The lowest BCUT2D eigenvalue weighted by Gasteiger charge is -2.43. The first-order valence-corrected chi connectivity index (χ1v) is 19.0. The number of ketones is 1. The number of imidazole rings is 1. The average molecular weight is 802 g/mol. The van der Waals surface area contributed by atoms with E-state index in [0.29, 0.717) is 5.65 Å². The van der Waals surface area contributed by atoms with Crippen LogP contribution < -0.4 is 10.1 Å². The molecule has 0 aliphatic carbocycles. The summed E-state index contributed by atoms with van der Waals surface area (Å²) in [6.45, 7) is 13.7. The average Bonchev–Trinajstić information content (AvgIpc) is 3.67. The Bertz CT molecular complexity index is 2430. The SMILES string of the molecule is CO[C@H]1/C=C/O[C@@]2(C)Oc3c(C)c(O)c4c(O)c(c5c(nc6cc(C)ccn65)c4c3C2=O)NC(=O)/C(C)=C\C=C\[C@H](C)[C@H](O)[C@@H](C)[C@@H](O)C(C)(O)[C@H](OC(C)=O)[C@@H]1C. The Kier molecular flexibility index (Phi) is 11.2. The molecule has 1 amide bonds. The van der Waals surface area contributed by atoms with E-state index >= 15 is 0 Å². The second kappa shape index (κ2) is 15.4. The van der Waals surface area contributed by atoms with Crippen molar-refractivity contribution in [2.45, 2.75) is 98.1 Å². The van der Waals surface area contributed by atoms with Gasteiger partial charge in [0.25, 0.3) is 11.7 Å². The molecule has 0 saturated heterocycles. The number of hydrogen-bond donors (Lipinski definition) is 6. The summed E-state index contributed by atoms with van der Waals surface area (Å²) in [5.41, 5.74) is -0.148. The zero-order valence-corrected chi connectivity index (χ0v) is 34.1. The number of rotatable bonds is 2. The Morgan fingerprint density at radius 2 is 1.71 bits per heavy atom. The van der Waals surface area contributed by atoms with Crippen molar-refractivity contribution in [2.24, 2.45) is 17.8 Å². The van der Waals surface area contributed by atoms with Gasteiger partial charge in [0, 0.05) is 61.4 Å². The molecular formula is C43H51N3O12. The van der Waals surface area contributed by atoms with Crippen LogP contribution in [0.1, 0.15) is 70.0 Å². The van der Waals surface area contributed by atoms with E-state index in [2.05, 4.69) is 5.32 Å². The van der Waals surface area contributed by atoms with Gasteiger partial charge in [-0.15, -0.1) is 0 Å². The van der Waals surface area contributed by atoms with Gasteiger partial charge in [-0.2, -0.15) is 0 Å². The molecule has 4 bridgehead atoms. The number of phenols is 2. The number of aryl methyl sites for hydroxylation is 1. The van der Waals surface area contributed by atoms with Crippen LogP contribution in [-0.2, 0) is 23.8 Å². The lowest BCUT2D eigenvalue weighted by atomic mass is 9.75. The number of amides is 1. The maximum absolute atomic E-state index is 14.6. The largest absolute Gasteiger partial charge is 0.507 e. The molecule has 0 spiro atoms. The predicted octanol–water partition coefficient (Wildman–Crippen LogP) is 5.27. The molecular weight excluding hydrogens is 750 g/mol. The number of fused-ring (bicyclic) bond motifs is 2. The first kappa shape index (κ1) is 42.1. The van der Waals surface area contributed by atoms with Gasteiger partial charge < -0.3 is 49.8 Å². The number of carbonyl (C=O) groups is 3. The minimum atomic E-state index is -2.12. The van der Waals surface area contributed by atoms with Crippen molar-refractivity contribution in [1.29, 1.82) is 0 Å². The smallest absolute Gasteiger partial charge is 0.312 e. The van der Waals surface area contributed by atoms with Gasteiger partial charge in [0.05, 0.1) is 35.5 Å². The molecule has 9 atom stereocenters. The monoisotopic (exact) mass is 801 g/mol. The number of aliphatic hydroxyl groups excluding tert-OH is 2. The fourth-order valence-electron chi connectivity index (χ4n) is 8.08. The van der Waals surface area contributed by atoms with Gasteiger partial charge in [-0.3, -0.25) is 18.8 Å². The Morgan fingerprint density at radius 1 is 1.02 bits per heavy atom. The van der Waals surface area contributed by atoms with Crippen LogP contribution in [0.2, 0.25) is 0 Å². The normalized spacial score (nSPS) is 31.8. The molecule has 2 aliphatic rings. The van der Waals surface area contributed by atoms with Gasteiger partial charge in [0.15, 0.2) is 5.75 Å². The highest BCUT2D eigenvalue weighted by Gasteiger charge is 2.51. The Morgan fingerprint density at radius 3 is 2.36 bits per heavy atom. The third kappa shape index (κ3) is 6.95. The van der Waals surface area contributed by atoms with E-state index in [-0.39, 0.29) is 49.9 Å². The number of aromatic nitrogens is 2. The lowest BCUT2D eigenvalue weighted by Crippen LogP contribution is -2.59. The van der Waals surface area contributed by atoms with Crippen LogP contribution in [0.15, 0.2) is 54.5 Å². The van der Waals surface area contributed by atoms with Crippen LogP contribution in [0.4, 0.5) is 5.69 Å². The molecule has 0 saturated carbocycles. The van der Waals surface area contributed by atoms with Crippen LogP contribution in [-0.4, -0.2) is 95.5 Å². The third-order valence-corrected chi connectivity index (χ3v) is 11.6. The molecule has 6 N–H and O–H groups in total. The number of nitrogens with zero attached hydrogens (tertiary/aromatic N) is 2. The molecule has 15 heteroatoms. The van der Waals surface area contributed by atoms with Crippen molar-refractivity contribution in [3.8, 4) is 17.2 Å². The predicted molar refractivity (Wildman–Crippen MR) is 215 cm³/mol. The van der Waals surface area contributed by atoms with Gasteiger partial charge in [-0.1, -0.05) is 39.0 Å². The summed E-state index contributed by atoms with van der Waals surface area (Å²) >= 11 is 0. The van der Waals surface area contributed by atoms with Crippen molar-refractivity contribution >= 4 is 50.8 Å². The van der Waals surface area contributed by atoms with Crippen LogP contribution in [0.25, 0.3) is 27.5 Å². The summed E-state index contributed by atoms with van der Waals surface area (Å²) in [7, 11) is 1.38. The minimum absolute atomic E-state index is 0.00476. The number of pyridine rings is 1. The fourth-order valence-corrected chi connectivity index (χ4v) is 8.08. The topological polar surface area (TPSA) is 219 Å². The van der Waals surface area contributed by atoms with E-state index in [1.54, 1.807) is 56.5 Å². The zero-order valence-electron chi connectivity index (χ0n) is 34.1. The number of anilines is 1. The molecule has 4 heterocycles. The highest BCUT2D eigenvalue weighted by Crippen LogP contribution is 2.54. The highest BCUT2D eigenvalue weighted by molar-refractivity contribution is 6.28. The van der Waals surface area contributed by atoms with E-state index in [1.807, 2.05) is 13.0 Å². The summed E-state index contributed by atoms with van der Waals surface area (Å²) in [5, 5.41) is 61.2. The van der Waals surface area contributed by atoms with Crippen LogP contribution in [0.3, 0.4) is 0 Å². The van der Waals surface area contributed by atoms with Gasteiger partial charge in [-0.05, 0) is 51.5 Å². The van der Waals surface area contributed by atoms with Crippen molar-refractivity contribution < 1.29 is 58.9 Å². The van der Waals surface area contributed by atoms with Crippen LogP contribution in [0, 0.1) is 31.6 Å². The Labute approximate surface area is 335 Å².